The summed E-state index contributed by atoms with van der Waals surface area (Å²) in [6.45, 7) is 2.44. The molecular formula is C19H24ClN5O2. The Kier molecular flexibility index (Phi) is 5.92. The molecule has 0 radical (unpaired) electrons. The predicted molar refractivity (Wildman–Crippen MR) is 105 cm³/mol. The lowest BCUT2D eigenvalue weighted by Gasteiger charge is -2.47. The van der Waals surface area contributed by atoms with Crippen molar-refractivity contribution in [3.05, 3.63) is 36.2 Å². The second-order valence-electron chi connectivity index (χ2n) is 7.04. The molecule has 27 heavy (non-hydrogen) atoms. The van der Waals surface area contributed by atoms with Crippen LogP contribution in [0.5, 0.6) is 0 Å². The lowest BCUT2D eigenvalue weighted by Crippen LogP contribution is -2.57. The van der Waals surface area contributed by atoms with Gasteiger partial charge in [-0.25, -0.2) is 0 Å². The molecule has 7 nitrogen and oxygen atoms in total. The first-order valence-electron chi connectivity index (χ1n) is 9.17. The van der Waals surface area contributed by atoms with Crippen LogP contribution in [0.3, 0.4) is 0 Å². The van der Waals surface area contributed by atoms with Crippen molar-refractivity contribution in [3.8, 4) is 0 Å². The Morgan fingerprint density at radius 2 is 1.96 bits per heavy atom. The van der Waals surface area contributed by atoms with E-state index in [1.807, 2.05) is 28.0 Å². The van der Waals surface area contributed by atoms with E-state index < -0.39 is 0 Å². The molecule has 0 bridgehead atoms. The average Bonchev–Trinajstić information content (AvgIpc) is 2.69. The molecule has 2 saturated heterocycles. The molecule has 0 unspecified atom stereocenters. The minimum atomic E-state index is 0. The maximum atomic E-state index is 13.0. The third-order valence-corrected chi connectivity index (χ3v) is 5.52. The smallest absolute Gasteiger partial charge is 0.253 e. The van der Waals surface area contributed by atoms with Gasteiger partial charge in [0, 0.05) is 56.6 Å². The topological polar surface area (TPSA) is 92.4 Å². The third-order valence-electron chi connectivity index (χ3n) is 5.52. The van der Waals surface area contributed by atoms with Gasteiger partial charge in [0.15, 0.2) is 0 Å². The highest BCUT2D eigenvalue weighted by atomic mass is 35.5. The fourth-order valence-corrected chi connectivity index (χ4v) is 4.24. The van der Waals surface area contributed by atoms with Crippen molar-refractivity contribution in [1.82, 2.24) is 19.8 Å². The number of aromatic nitrogens is 2. The Hall–Kier alpha value is -2.25. The molecular weight excluding hydrogens is 366 g/mol. The van der Waals surface area contributed by atoms with Gasteiger partial charge in [-0.05, 0) is 37.0 Å². The molecule has 2 amide bonds. The molecule has 0 spiro atoms. The molecule has 2 atom stereocenters. The van der Waals surface area contributed by atoms with E-state index in [4.69, 9.17) is 5.73 Å². The average molecular weight is 390 g/mol. The predicted octanol–water partition coefficient (Wildman–Crippen LogP) is 1.46. The van der Waals surface area contributed by atoms with Crippen LogP contribution in [0.1, 0.15) is 29.6 Å². The molecule has 2 fully saturated rings. The van der Waals surface area contributed by atoms with Gasteiger partial charge in [-0.2, -0.15) is 0 Å². The molecule has 1 aromatic carbocycles. The van der Waals surface area contributed by atoms with E-state index in [0.717, 1.165) is 23.9 Å². The first kappa shape index (κ1) is 19.5. The highest BCUT2D eigenvalue weighted by Crippen LogP contribution is 2.31. The highest BCUT2D eigenvalue weighted by molar-refractivity contribution is 5.97. The molecule has 1 aromatic heterocycles. The van der Waals surface area contributed by atoms with Crippen LogP contribution >= 0.6 is 12.4 Å². The summed E-state index contributed by atoms with van der Waals surface area (Å²) in [7, 11) is 0. The standard InChI is InChI=1S/C19H23N5O2.ClH/c20-6-10-24-17-5-9-23(12-14(17)2-4-18(24)25)19(26)13-1-3-15-16(11-13)22-8-7-21-15;/h1,3,7-8,11,14,17H,2,4-6,9-10,12,20H2;1H/t14-,17+;/m0./s1. The van der Waals surface area contributed by atoms with Crippen molar-refractivity contribution in [2.24, 2.45) is 11.7 Å². The monoisotopic (exact) mass is 389 g/mol. The zero-order chi connectivity index (χ0) is 18.1. The summed E-state index contributed by atoms with van der Waals surface area (Å²) in [6.07, 6.45) is 5.49. The van der Waals surface area contributed by atoms with Gasteiger partial charge in [0.1, 0.15) is 0 Å². The van der Waals surface area contributed by atoms with E-state index in [1.165, 1.54) is 0 Å². The molecule has 3 heterocycles. The number of fused-ring (bicyclic) bond motifs is 2. The van der Waals surface area contributed by atoms with Crippen molar-refractivity contribution < 1.29 is 9.59 Å². The van der Waals surface area contributed by atoms with Gasteiger partial charge >= 0.3 is 0 Å². The number of hydrogen-bond donors (Lipinski definition) is 1. The number of piperidine rings is 2. The number of nitrogens with zero attached hydrogens (tertiary/aromatic N) is 4. The van der Waals surface area contributed by atoms with E-state index in [1.54, 1.807) is 12.4 Å². The van der Waals surface area contributed by atoms with Crippen LogP contribution in [0.15, 0.2) is 30.6 Å². The summed E-state index contributed by atoms with van der Waals surface area (Å²) in [5, 5.41) is 0. The van der Waals surface area contributed by atoms with E-state index >= 15 is 0 Å². The Bertz CT molecular complexity index is 846. The summed E-state index contributed by atoms with van der Waals surface area (Å²) < 4.78 is 0. The van der Waals surface area contributed by atoms with Crippen LogP contribution in [0.2, 0.25) is 0 Å². The summed E-state index contributed by atoms with van der Waals surface area (Å²) in [4.78, 5) is 37.5. The lowest BCUT2D eigenvalue weighted by molar-refractivity contribution is -0.140. The number of rotatable bonds is 3. The summed E-state index contributed by atoms with van der Waals surface area (Å²) in [6, 6.07) is 5.68. The van der Waals surface area contributed by atoms with E-state index in [2.05, 4.69) is 9.97 Å². The first-order valence-corrected chi connectivity index (χ1v) is 9.17. The number of hydrogen-bond acceptors (Lipinski definition) is 5. The van der Waals surface area contributed by atoms with Crippen LogP contribution in [0.4, 0.5) is 0 Å². The molecule has 4 rings (SSSR count). The highest BCUT2D eigenvalue weighted by Gasteiger charge is 2.40. The van der Waals surface area contributed by atoms with Gasteiger partial charge in [0.2, 0.25) is 5.91 Å². The molecule has 2 N–H and O–H groups in total. The van der Waals surface area contributed by atoms with Gasteiger partial charge in [-0.3, -0.25) is 19.6 Å². The maximum absolute atomic E-state index is 13.0. The largest absolute Gasteiger partial charge is 0.338 e. The Morgan fingerprint density at radius 3 is 2.74 bits per heavy atom. The second-order valence-corrected chi connectivity index (χ2v) is 7.04. The van der Waals surface area contributed by atoms with Crippen LogP contribution in [-0.2, 0) is 4.79 Å². The number of halogens is 1. The molecule has 0 saturated carbocycles. The Balaban J connectivity index is 0.00000210. The molecule has 144 valence electrons. The van der Waals surface area contributed by atoms with E-state index in [9.17, 15) is 9.59 Å². The summed E-state index contributed by atoms with van der Waals surface area (Å²) in [5.41, 5.74) is 7.82. The van der Waals surface area contributed by atoms with Gasteiger partial charge in [0.25, 0.3) is 5.91 Å². The normalized spacial score (nSPS) is 22.3. The molecule has 2 aliphatic rings. The van der Waals surface area contributed by atoms with Crippen molar-refractivity contribution in [3.63, 3.8) is 0 Å². The minimum absolute atomic E-state index is 0. The minimum Gasteiger partial charge on any atom is -0.338 e. The van der Waals surface area contributed by atoms with Crippen LogP contribution in [0.25, 0.3) is 11.0 Å². The summed E-state index contributed by atoms with van der Waals surface area (Å²) in [5.74, 6) is 0.556. The van der Waals surface area contributed by atoms with Crippen molar-refractivity contribution >= 4 is 35.3 Å². The van der Waals surface area contributed by atoms with Crippen molar-refractivity contribution in [1.29, 1.82) is 0 Å². The molecule has 0 aliphatic carbocycles. The van der Waals surface area contributed by atoms with Crippen molar-refractivity contribution in [2.45, 2.75) is 25.3 Å². The van der Waals surface area contributed by atoms with Crippen LogP contribution in [-0.4, -0.2) is 63.8 Å². The van der Waals surface area contributed by atoms with Gasteiger partial charge in [-0.15, -0.1) is 12.4 Å². The number of nitrogens with two attached hydrogens (primary N) is 1. The van der Waals surface area contributed by atoms with Crippen LogP contribution in [0, 0.1) is 5.92 Å². The van der Waals surface area contributed by atoms with Gasteiger partial charge < -0.3 is 15.5 Å². The van der Waals surface area contributed by atoms with Gasteiger partial charge in [0.05, 0.1) is 11.0 Å². The van der Waals surface area contributed by atoms with Gasteiger partial charge in [-0.1, -0.05) is 0 Å². The number of likely N-dealkylation sites (tertiary alicyclic amines) is 2. The lowest BCUT2D eigenvalue weighted by atomic mass is 9.83. The SMILES string of the molecule is Cl.NCCN1C(=O)CC[C@H]2CN(C(=O)c3ccc4nccnc4c3)CC[C@H]21. The van der Waals surface area contributed by atoms with Crippen LogP contribution < -0.4 is 5.73 Å². The van der Waals surface area contributed by atoms with E-state index in [0.29, 0.717) is 44.1 Å². The van der Waals surface area contributed by atoms with E-state index in [-0.39, 0.29) is 30.3 Å². The Labute approximate surface area is 164 Å². The maximum Gasteiger partial charge on any atom is 0.253 e. The quantitative estimate of drug-likeness (QED) is 0.857. The zero-order valence-corrected chi connectivity index (χ0v) is 15.9. The number of amides is 2. The Morgan fingerprint density at radius 1 is 1.19 bits per heavy atom. The fraction of sp³-hybridized carbons (Fsp3) is 0.474. The van der Waals surface area contributed by atoms with Crippen molar-refractivity contribution in [2.75, 3.05) is 26.2 Å². The fourth-order valence-electron chi connectivity index (χ4n) is 4.24. The molecule has 8 heteroatoms. The third kappa shape index (κ3) is 3.75. The second kappa shape index (κ2) is 8.19. The summed E-state index contributed by atoms with van der Waals surface area (Å²) >= 11 is 0. The number of benzene rings is 1. The number of carbonyl (C=O) groups is 2. The molecule has 2 aliphatic heterocycles. The molecule has 2 aromatic rings. The number of carbonyl (C=O) groups excluding carboxylic acids is 2. The first-order chi connectivity index (χ1) is 12.7. The zero-order valence-electron chi connectivity index (χ0n) is 15.1.